The first kappa shape index (κ1) is 13.8. The molecule has 2 N–H and O–H groups in total. The zero-order valence-corrected chi connectivity index (χ0v) is 12.4. The van der Waals surface area contributed by atoms with Crippen molar-refractivity contribution in [3.05, 3.63) is 22.7 Å². The van der Waals surface area contributed by atoms with E-state index in [9.17, 15) is 8.42 Å². The van der Waals surface area contributed by atoms with Gasteiger partial charge in [0.15, 0.2) is 0 Å². The fourth-order valence-corrected chi connectivity index (χ4v) is 3.51. The lowest BCUT2D eigenvalue weighted by Gasteiger charge is -2.22. The van der Waals surface area contributed by atoms with Crippen LogP contribution in [0.4, 0.5) is 5.69 Å². The van der Waals surface area contributed by atoms with Gasteiger partial charge in [0.25, 0.3) is 0 Å². The minimum absolute atomic E-state index is 0.0973. The Morgan fingerprint density at radius 1 is 1.50 bits per heavy atom. The fourth-order valence-electron chi connectivity index (χ4n) is 1.85. The van der Waals surface area contributed by atoms with Crippen molar-refractivity contribution in [3.8, 4) is 0 Å². The number of rotatable bonds is 3. The van der Waals surface area contributed by atoms with Crippen molar-refractivity contribution < 1.29 is 13.2 Å². The number of ether oxygens (including phenoxy) is 1. The predicted octanol–water partition coefficient (Wildman–Crippen LogP) is 1.44. The Morgan fingerprint density at radius 3 is 2.78 bits per heavy atom. The average molecular weight is 335 g/mol. The molecular weight excluding hydrogens is 320 g/mol. The van der Waals surface area contributed by atoms with Crippen LogP contribution in [0.1, 0.15) is 6.42 Å². The highest BCUT2D eigenvalue weighted by molar-refractivity contribution is 9.10. The van der Waals surface area contributed by atoms with Crippen molar-refractivity contribution in [3.63, 3.8) is 0 Å². The van der Waals surface area contributed by atoms with E-state index in [4.69, 9.17) is 10.5 Å². The lowest BCUT2D eigenvalue weighted by atomic mass is 10.3. The smallest absolute Gasteiger partial charge is 0.243 e. The summed E-state index contributed by atoms with van der Waals surface area (Å²) < 4.78 is 32.0. The van der Waals surface area contributed by atoms with Crippen molar-refractivity contribution in [2.24, 2.45) is 0 Å². The van der Waals surface area contributed by atoms with E-state index in [0.717, 1.165) is 6.42 Å². The highest BCUT2D eigenvalue weighted by Crippen LogP contribution is 2.26. The molecule has 1 fully saturated rings. The summed E-state index contributed by atoms with van der Waals surface area (Å²) >= 11 is 3.25. The fraction of sp³-hybridized carbons (Fsp3) is 0.455. The summed E-state index contributed by atoms with van der Waals surface area (Å²) in [5.41, 5.74) is 6.13. The first-order chi connectivity index (χ1) is 8.43. The zero-order valence-electron chi connectivity index (χ0n) is 9.97. The summed E-state index contributed by atoms with van der Waals surface area (Å²) in [6, 6.07) is 4.55. The molecule has 1 atom stereocenters. The maximum absolute atomic E-state index is 12.4. The molecule has 0 saturated carbocycles. The maximum Gasteiger partial charge on any atom is 0.243 e. The first-order valence-corrected chi connectivity index (χ1v) is 7.77. The number of benzene rings is 1. The molecule has 1 aliphatic heterocycles. The van der Waals surface area contributed by atoms with Crippen molar-refractivity contribution in [1.82, 2.24) is 4.31 Å². The topological polar surface area (TPSA) is 72.6 Å². The molecule has 0 bridgehead atoms. The Kier molecular flexibility index (Phi) is 3.96. The molecule has 1 heterocycles. The van der Waals surface area contributed by atoms with Gasteiger partial charge in [-0.05, 0) is 40.5 Å². The molecule has 7 heteroatoms. The lowest BCUT2D eigenvalue weighted by Crippen LogP contribution is -2.37. The Morgan fingerprint density at radius 2 is 2.22 bits per heavy atom. The summed E-state index contributed by atoms with van der Waals surface area (Å²) in [7, 11) is -1.93. The molecule has 0 aliphatic carbocycles. The quantitative estimate of drug-likeness (QED) is 0.849. The summed E-state index contributed by atoms with van der Waals surface area (Å²) in [6.45, 7) is 1.05. The van der Waals surface area contributed by atoms with Crippen LogP contribution >= 0.6 is 15.9 Å². The minimum atomic E-state index is -3.51. The van der Waals surface area contributed by atoms with E-state index >= 15 is 0 Å². The molecule has 1 aromatic rings. The van der Waals surface area contributed by atoms with Gasteiger partial charge in [0, 0.05) is 23.8 Å². The summed E-state index contributed by atoms with van der Waals surface area (Å²) in [6.07, 6.45) is 0.724. The van der Waals surface area contributed by atoms with Gasteiger partial charge in [0.1, 0.15) is 0 Å². The van der Waals surface area contributed by atoms with Crippen LogP contribution < -0.4 is 5.73 Å². The molecule has 100 valence electrons. The number of hydrogen-bond donors (Lipinski definition) is 1. The van der Waals surface area contributed by atoms with E-state index in [-0.39, 0.29) is 10.9 Å². The first-order valence-electron chi connectivity index (χ1n) is 5.53. The van der Waals surface area contributed by atoms with Crippen molar-refractivity contribution in [2.45, 2.75) is 17.4 Å². The van der Waals surface area contributed by atoms with Gasteiger partial charge in [-0.3, -0.25) is 0 Å². The summed E-state index contributed by atoms with van der Waals surface area (Å²) in [4.78, 5) is 0.206. The van der Waals surface area contributed by atoms with E-state index in [1.165, 1.54) is 10.4 Å². The summed E-state index contributed by atoms with van der Waals surface area (Å²) in [5.74, 6) is 0. The largest absolute Gasteiger partial charge is 0.398 e. The number of halogens is 1. The van der Waals surface area contributed by atoms with E-state index in [0.29, 0.717) is 23.4 Å². The standard InChI is InChI=1S/C11H15BrN2O3S/c1-14(8-4-5-17-7-8)18(15,16)9-2-3-10(12)11(13)6-9/h2-3,6,8H,4-5,7,13H2,1H3. The molecule has 2 rings (SSSR count). The molecule has 1 saturated heterocycles. The number of hydrogen-bond acceptors (Lipinski definition) is 4. The Labute approximate surface area is 115 Å². The van der Waals surface area contributed by atoms with Crippen LogP contribution in [0.2, 0.25) is 0 Å². The van der Waals surface area contributed by atoms with E-state index < -0.39 is 10.0 Å². The third-order valence-corrected chi connectivity index (χ3v) is 5.69. The van der Waals surface area contributed by atoms with Crippen molar-refractivity contribution >= 4 is 31.6 Å². The van der Waals surface area contributed by atoms with Gasteiger partial charge in [-0.1, -0.05) is 0 Å². The predicted molar refractivity (Wildman–Crippen MR) is 72.7 cm³/mol. The second-order valence-corrected chi connectivity index (χ2v) is 7.07. The maximum atomic E-state index is 12.4. The number of nitrogens with zero attached hydrogens (tertiary/aromatic N) is 1. The monoisotopic (exact) mass is 334 g/mol. The van der Waals surface area contributed by atoms with Crippen LogP contribution in [0.15, 0.2) is 27.6 Å². The molecule has 1 unspecified atom stereocenters. The highest BCUT2D eigenvalue weighted by Gasteiger charge is 2.30. The highest BCUT2D eigenvalue weighted by atomic mass is 79.9. The van der Waals surface area contributed by atoms with Crippen molar-refractivity contribution in [1.29, 1.82) is 0 Å². The van der Waals surface area contributed by atoms with Gasteiger partial charge in [-0.2, -0.15) is 4.31 Å². The molecule has 1 aliphatic rings. The SMILES string of the molecule is CN(C1CCOC1)S(=O)(=O)c1ccc(Br)c(N)c1. The van der Waals surface area contributed by atoms with Gasteiger partial charge in [-0.15, -0.1) is 0 Å². The third-order valence-electron chi connectivity index (χ3n) is 3.06. The lowest BCUT2D eigenvalue weighted by molar-refractivity contribution is 0.181. The van der Waals surface area contributed by atoms with E-state index in [2.05, 4.69) is 15.9 Å². The molecule has 0 radical (unpaired) electrons. The van der Waals surface area contributed by atoms with Gasteiger partial charge >= 0.3 is 0 Å². The molecule has 1 aromatic carbocycles. The number of sulfonamides is 1. The second-order valence-electron chi connectivity index (χ2n) is 4.22. The normalized spacial score (nSPS) is 20.5. The molecule has 18 heavy (non-hydrogen) atoms. The number of anilines is 1. The van der Waals surface area contributed by atoms with Crippen LogP contribution in [0.25, 0.3) is 0 Å². The third kappa shape index (κ3) is 2.54. The minimum Gasteiger partial charge on any atom is -0.398 e. The molecule has 5 nitrogen and oxygen atoms in total. The second kappa shape index (κ2) is 5.16. The van der Waals surface area contributed by atoms with Crippen LogP contribution in [-0.2, 0) is 14.8 Å². The van der Waals surface area contributed by atoms with E-state index in [1.54, 1.807) is 19.2 Å². The van der Waals surface area contributed by atoms with Gasteiger partial charge in [-0.25, -0.2) is 8.42 Å². The molecule has 0 amide bonds. The molecule has 0 spiro atoms. The molecular formula is C11H15BrN2O3S. The van der Waals surface area contributed by atoms with E-state index in [1.807, 2.05) is 0 Å². The Balaban J connectivity index is 2.32. The van der Waals surface area contributed by atoms with Crippen LogP contribution in [-0.4, -0.2) is 39.0 Å². The zero-order chi connectivity index (χ0) is 13.3. The van der Waals surface area contributed by atoms with Crippen LogP contribution in [0.3, 0.4) is 0 Å². The van der Waals surface area contributed by atoms with Gasteiger partial charge in [0.05, 0.1) is 17.5 Å². The molecule has 0 aromatic heterocycles. The van der Waals surface area contributed by atoms with Crippen molar-refractivity contribution in [2.75, 3.05) is 26.0 Å². The van der Waals surface area contributed by atoms with Gasteiger partial charge < -0.3 is 10.5 Å². The van der Waals surface area contributed by atoms with Crippen LogP contribution in [0, 0.1) is 0 Å². The Hall–Kier alpha value is -0.630. The van der Waals surface area contributed by atoms with Gasteiger partial charge in [0.2, 0.25) is 10.0 Å². The number of likely N-dealkylation sites (N-methyl/N-ethyl adjacent to an activating group) is 1. The average Bonchev–Trinajstić information content (AvgIpc) is 2.85. The number of nitrogens with two attached hydrogens (primary N) is 1. The summed E-state index contributed by atoms with van der Waals surface area (Å²) in [5, 5.41) is 0. The van der Waals surface area contributed by atoms with Crippen LogP contribution in [0.5, 0.6) is 0 Å². The Bertz CT molecular complexity index is 541. The number of nitrogen functional groups attached to an aromatic ring is 1.